The molecule has 28 heavy (non-hydrogen) atoms. The van der Waals surface area contributed by atoms with E-state index in [1.165, 1.54) is 5.56 Å². The van der Waals surface area contributed by atoms with Crippen LogP contribution in [0.15, 0.2) is 42.5 Å². The minimum absolute atomic E-state index is 0.112. The second-order valence-electron chi connectivity index (χ2n) is 7.60. The number of H-pyrrole nitrogens is 1. The van der Waals surface area contributed by atoms with Crippen molar-refractivity contribution in [2.45, 2.75) is 32.7 Å². The Labute approximate surface area is 165 Å². The number of amides is 1. The van der Waals surface area contributed by atoms with Crippen LogP contribution in [0.5, 0.6) is 5.75 Å². The number of anilines is 1. The van der Waals surface area contributed by atoms with E-state index >= 15 is 0 Å². The lowest BCUT2D eigenvalue weighted by Crippen LogP contribution is -2.45. The van der Waals surface area contributed by atoms with Gasteiger partial charge in [0.25, 0.3) is 5.91 Å². The van der Waals surface area contributed by atoms with Crippen molar-refractivity contribution in [1.29, 1.82) is 0 Å². The minimum atomic E-state index is 0.112. The molecule has 1 saturated heterocycles. The molecule has 0 spiro atoms. The number of rotatable bonds is 4. The summed E-state index contributed by atoms with van der Waals surface area (Å²) in [5.41, 5.74) is 5.27. The number of likely N-dealkylation sites (tertiary alicyclic amines) is 1. The number of nitrogens with zero attached hydrogens (tertiary/aromatic N) is 1. The molecule has 0 saturated carbocycles. The number of carbonyl (C=O) groups excluding carboxylic acids is 1. The van der Waals surface area contributed by atoms with Crippen LogP contribution in [0.4, 0.5) is 5.69 Å². The maximum Gasteiger partial charge on any atom is 0.253 e. The standard InChI is InChI=1S/C23H27N3O2/c1-15-16(2)24-22-11-6-17(13-21(15)22)23(27)26-12-4-5-19(14-26)25-18-7-9-20(28-3)10-8-18/h6-11,13,19,24-25H,4-5,12,14H2,1-3H3/t19-/m0/s1. The van der Waals surface area contributed by atoms with Gasteiger partial charge in [0, 0.05) is 47.0 Å². The number of hydrogen-bond donors (Lipinski definition) is 2. The van der Waals surface area contributed by atoms with E-state index in [-0.39, 0.29) is 11.9 Å². The SMILES string of the molecule is COc1ccc(N[C@H]2CCCN(C(=O)c3ccc4[nH]c(C)c(C)c4c3)C2)cc1. The molecule has 3 aromatic rings. The fraction of sp³-hybridized carbons (Fsp3) is 0.348. The Hall–Kier alpha value is -2.95. The van der Waals surface area contributed by atoms with Gasteiger partial charge in [-0.15, -0.1) is 0 Å². The molecule has 1 aliphatic heterocycles. The number of hydrogen-bond acceptors (Lipinski definition) is 3. The Balaban J connectivity index is 1.47. The van der Waals surface area contributed by atoms with Crippen LogP contribution >= 0.6 is 0 Å². The maximum atomic E-state index is 13.1. The van der Waals surface area contributed by atoms with E-state index < -0.39 is 0 Å². The van der Waals surface area contributed by atoms with Gasteiger partial charge >= 0.3 is 0 Å². The number of aryl methyl sites for hydroxylation is 2. The first-order valence-corrected chi connectivity index (χ1v) is 9.84. The van der Waals surface area contributed by atoms with Gasteiger partial charge in [-0.2, -0.15) is 0 Å². The predicted octanol–water partition coefficient (Wildman–Crippen LogP) is 4.51. The topological polar surface area (TPSA) is 57.4 Å². The van der Waals surface area contributed by atoms with Gasteiger partial charge in [-0.3, -0.25) is 4.79 Å². The molecule has 5 heteroatoms. The smallest absolute Gasteiger partial charge is 0.253 e. The molecule has 5 nitrogen and oxygen atoms in total. The average Bonchev–Trinajstić information content (AvgIpc) is 3.01. The average molecular weight is 377 g/mol. The number of aromatic nitrogens is 1. The number of ether oxygens (including phenoxy) is 1. The monoisotopic (exact) mass is 377 g/mol. The summed E-state index contributed by atoms with van der Waals surface area (Å²) in [5.74, 6) is 0.957. The fourth-order valence-electron chi connectivity index (χ4n) is 3.98. The first-order valence-electron chi connectivity index (χ1n) is 9.84. The molecular weight excluding hydrogens is 350 g/mol. The largest absolute Gasteiger partial charge is 0.497 e. The maximum absolute atomic E-state index is 13.1. The van der Waals surface area contributed by atoms with Gasteiger partial charge in [0.2, 0.25) is 0 Å². The van der Waals surface area contributed by atoms with Crippen molar-refractivity contribution in [3.63, 3.8) is 0 Å². The Kier molecular flexibility index (Phi) is 4.99. The van der Waals surface area contributed by atoms with Gasteiger partial charge in [-0.25, -0.2) is 0 Å². The van der Waals surface area contributed by atoms with Crippen LogP contribution < -0.4 is 10.1 Å². The zero-order valence-corrected chi connectivity index (χ0v) is 16.7. The highest BCUT2D eigenvalue weighted by molar-refractivity contribution is 5.99. The second kappa shape index (κ2) is 7.58. The lowest BCUT2D eigenvalue weighted by atomic mass is 10.0. The number of piperidine rings is 1. The highest BCUT2D eigenvalue weighted by atomic mass is 16.5. The molecule has 0 radical (unpaired) electrons. The summed E-state index contributed by atoms with van der Waals surface area (Å²) in [7, 11) is 1.67. The molecule has 1 aliphatic rings. The number of aromatic amines is 1. The van der Waals surface area contributed by atoms with Crippen LogP contribution in [-0.2, 0) is 0 Å². The van der Waals surface area contributed by atoms with Gasteiger partial charge in [0.15, 0.2) is 0 Å². The summed E-state index contributed by atoms with van der Waals surface area (Å²) in [6, 6.07) is 14.2. The summed E-state index contributed by atoms with van der Waals surface area (Å²) < 4.78 is 5.21. The molecule has 1 amide bonds. The van der Waals surface area contributed by atoms with Gasteiger partial charge in [-0.05, 0) is 74.7 Å². The summed E-state index contributed by atoms with van der Waals surface area (Å²) in [4.78, 5) is 18.5. The van der Waals surface area contributed by atoms with E-state index in [2.05, 4.69) is 24.1 Å². The molecule has 0 bridgehead atoms. The molecule has 2 N–H and O–H groups in total. The highest BCUT2D eigenvalue weighted by Gasteiger charge is 2.25. The summed E-state index contributed by atoms with van der Waals surface area (Å²) >= 11 is 0. The molecule has 2 aromatic carbocycles. The third kappa shape index (κ3) is 3.57. The van der Waals surface area contributed by atoms with E-state index in [0.29, 0.717) is 6.54 Å². The predicted molar refractivity (Wildman–Crippen MR) is 113 cm³/mol. The molecular formula is C23H27N3O2. The highest BCUT2D eigenvalue weighted by Crippen LogP contribution is 2.24. The van der Waals surface area contributed by atoms with Gasteiger partial charge < -0.3 is 19.9 Å². The third-order valence-corrected chi connectivity index (χ3v) is 5.72. The quantitative estimate of drug-likeness (QED) is 0.703. The summed E-state index contributed by atoms with van der Waals surface area (Å²) in [6.07, 6.45) is 2.06. The number of carbonyl (C=O) groups is 1. The first kappa shape index (κ1) is 18.4. The number of benzene rings is 2. The molecule has 0 unspecified atom stereocenters. The van der Waals surface area contributed by atoms with Gasteiger partial charge in [0.05, 0.1) is 7.11 Å². The molecule has 0 aliphatic carbocycles. The second-order valence-corrected chi connectivity index (χ2v) is 7.60. The van der Waals surface area contributed by atoms with E-state index in [4.69, 9.17) is 4.74 Å². The van der Waals surface area contributed by atoms with Crippen molar-refractivity contribution >= 4 is 22.5 Å². The first-order chi connectivity index (χ1) is 13.5. The van der Waals surface area contributed by atoms with Crippen molar-refractivity contribution in [3.05, 3.63) is 59.3 Å². The van der Waals surface area contributed by atoms with Gasteiger partial charge in [-0.1, -0.05) is 0 Å². The van der Waals surface area contributed by atoms with Gasteiger partial charge in [0.1, 0.15) is 5.75 Å². The van der Waals surface area contributed by atoms with E-state index in [0.717, 1.165) is 53.0 Å². The van der Waals surface area contributed by atoms with E-state index in [1.807, 2.05) is 47.4 Å². The lowest BCUT2D eigenvalue weighted by molar-refractivity contribution is 0.0715. The number of nitrogens with one attached hydrogen (secondary N) is 2. The van der Waals surface area contributed by atoms with Crippen molar-refractivity contribution < 1.29 is 9.53 Å². The Bertz CT molecular complexity index is 991. The molecule has 2 heterocycles. The van der Waals surface area contributed by atoms with Crippen LogP contribution in [0.3, 0.4) is 0 Å². The third-order valence-electron chi connectivity index (χ3n) is 5.72. The number of methoxy groups -OCH3 is 1. The molecule has 1 atom stereocenters. The van der Waals surface area contributed by atoms with E-state index in [9.17, 15) is 4.79 Å². The van der Waals surface area contributed by atoms with E-state index in [1.54, 1.807) is 7.11 Å². The Morgan fingerprint density at radius 2 is 1.96 bits per heavy atom. The van der Waals surface area contributed by atoms with Crippen LogP contribution in [0, 0.1) is 13.8 Å². The number of fused-ring (bicyclic) bond motifs is 1. The molecule has 1 fully saturated rings. The van der Waals surface area contributed by atoms with Crippen molar-refractivity contribution in [3.8, 4) is 5.75 Å². The molecule has 4 rings (SSSR count). The van der Waals surface area contributed by atoms with Crippen molar-refractivity contribution in [2.24, 2.45) is 0 Å². The van der Waals surface area contributed by atoms with Crippen LogP contribution in [0.25, 0.3) is 10.9 Å². The van der Waals surface area contributed by atoms with Crippen molar-refractivity contribution in [2.75, 3.05) is 25.5 Å². The summed E-state index contributed by atoms with van der Waals surface area (Å²) in [5, 5.41) is 4.69. The van der Waals surface area contributed by atoms with Crippen LogP contribution in [0.1, 0.15) is 34.5 Å². The van der Waals surface area contributed by atoms with Crippen molar-refractivity contribution in [1.82, 2.24) is 9.88 Å². The zero-order chi connectivity index (χ0) is 19.7. The fourth-order valence-corrected chi connectivity index (χ4v) is 3.98. The lowest BCUT2D eigenvalue weighted by Gasteiger charge is -2.34. The molecule has 1 aromatic heterocycles. The normalized spacial score (nSPS) is 17.0. The molecule has 146 valence electrons. The zero-order valence-electron chi connectivity index (χ0n) is 16.7. The van der Waals surface area contributed by atoms with Crippen LogP contribution in [0.2, 0.25) is 0 Å². The Morgan fingerprint density at radius 1 is 1.18 bits per heavy atom. The Morgan fingerprint density at radius 3 is 2.71 bits per heavy atom. The minimum Gasteiger partial charge on any atom is -0.497 e. The van der Waals surface area contributed by atoms with Crippen LogP contribution in [-0.4, -0.2) is 42.0 Å². The summed E-state index contributed by atoms with van der Waals surface area (Å²) in [6.45, 7) is 5.69.